The zero-order valence-electron chi connectivity index (χ0n) is 13.3. The van der Waals surface area contributed by atoms with Gasteiger partial charge in [0, 0.05) is 31.1 Å². The molecule has 1 spiro atoms. The third-order valence-corrected chi connectivity index (χ3v) is 5.39. The van der Waals surface area contributed by atoms with Gasteiger partial charge in [-0.3, -0.25) is 14.6 Å². The minimum Gasteiger partial charge on any atom is -0.322 e. The Hall–Kier alpha value is -1.47. The van der Waals surface area contributed by atoms with Crippen molar-refractivity contribution < 1.29 is 9.59 Å². The summed E-state index contributed by atoms with van der Waals surface area (Å²) in [5.74, 6) is -0.0810. The quantitative estimate of drug-likeness (QED) is 0.855. The number of carbonyl (C=O) groups excluding carboxylic acids is 2. The van der Waals surface area contributed by atoms with E-state index in [1.54, 1.807) is 11.3 Å². The first kappa shape index (κ1) is 15.4. The Balaban J connectivity index is 1.69. The molecule has 0 bridgehead atoms. The number of hydrogen-bond acceptors (Lipinski definition) is 5. The Morgan fingerprint density at radius 2 is 2.23 bits per heavy atom. The average Bonchev–Trinajstić information content (AvgIpc) is 3.12. The summed E-state index contributed by atoms with van der Waals surface area (Å²) in [6, 6.07) is -0.365. The fourth-order valence-electron chi connectivity index (χ4n) is 3.22. The number of thiazole rings is 1. The van der Waals surface area contributed by atoms with Crippen LogP contribution < -0.4 is 5.32 Å². The summed E-state index contributed by atoms with van der Waals surface area (Å²) in [6.07, 6.45) is 1.62. The topological polar surface area (TPSA) is 65.5 Å². The third kappa shape index (κ3) is 2.52. The van der Waals surface area contributed by atoms with Crippen molar-refractivity contribution in [3.63, 3.8) is 0 Å². The normalized spacial score (nSPS) is 25.7. The first-order chi connectivity index (χ1) is 10.4. The van der Waals surface area contributed by atoms with Crippen molar-refractivity contribution in [3.8, 4) is 0 Å². The lowest BCUT2D eigenvalue weighted by Crippen LogP contribution is -2.49. The molecule has 0 unspecified atom stereocenters. The molecule has 0 radical (unpaired) electrons. The van der Waals surface area contributed by atoms with Crippen LogP contribution in [0.1, 0.15) is 37.9 Å². The number of imide groups is 1. The molecule has 2 saturated heterocycles. The van der Waals surface area contributed by atoms with E-state index in [1.165, 1.54) is 4.90 Å². The van der Waals surface area contributed by atoms with Gasteiger partial charge in [0.2, 0.25) is 0 Å². The van der Waals surface area contributed by atoms with Crippen molar-refractivity contribution >= 4 is 23.3 Å². The van der Waals surface area contributed by atoms with Gasteiger partial charge in [-0.1, -0.05) is 6.92 Å². The molecule has 2 fully saturated rings. The first-order valence-corrected chi connectivity index (χ1v) is 8.64. The zero-order valence-corrected chi connectivity index (χ0v) is 14.1. The van der Waals surface area contributed by atoms with Gasteiger partial charge in [-0.15, -0.1) is 11.3 Å². The monoisotopic (exact) mass is 322 g/mol. The number of likely N-dealkylation sites (tertiary alicyclic amines) is 1. The van der Waals surface area contributed by atoms with Crippen molar-refractivity contribution in [2.75, 3.05) is 13.1 Å². The van der Waals surface area contributed by atoms with E-state index in [9.17, 15) is 9.59 Å². The Labute approximate surface area is 134 Å². The van der Waals surface area contributed by atoms with Crippen LogP contribution in [0.3, 0.4) is 0 Å². The van der Waals surface area contributed by atoms with Gasteiger partial charge >= 0.3 is 6.03 Å². The molecule has 0 saturated carbocycles. The summed E-state index contributed by atoms with van der Waals surface area (Å²) >= 11 is 1.68. The Kier molecular flexibility index (Phi) is 3.94. The molecule has 22 heavy (non-hydrogen) atoms. The number of nitrogens with zero attached hydrogens (tertiary/aromatic N) is 3. The second kappa shape index (κ2) is 5.62. The van der Waals surface area contributed by atoms with E-state index in [0.717, 1.165) is 30.2 Å². The van der Waals surface area contributed by atoms with E-state index in [1.807, 2.05) is 13.8 Å². The van der Waals surface area contributed by atoms with Crippen molar-refractivity contribution in [1.82, 2.24) is 20.1 Å². The molecule has 7 heteroatoms. The lowest BCUT2D eigenvalue weighted by Gasteiger charge is -2.23. The summed E-state index contributed by atoms with van der Waals surface area (Å²) in [6.45, 7) is 7.94. The minimum atomic E-state index is -0.731. The van der Waals surface area contributed by atoms with Crippen LogP contribution in [0.4, 0.5) is 4.79 Å². The van der Waals surface area contributed by atoms with Crippen molar-refractivity contribution in [3.05, 3.63) is 16.1 Å². The van der Waals surface area contributed by atoms with Gasteiger partial charge in [-0.2, -0.15) is 0 Å². The standard InChI is InChI=1S/C15H22N4O2S/c1-4-12-16-11(8-22-12)7-18-6-5-15(9-18)13(20)19(10(2)3)14(21)17-15/h8,10H,4-7,9H2,1-3H3,(H,17,21)/t15-/m1/s1. The molecule has 6 nitrogen and oxygen atoms in total. The number of rotatable bonds is 4. The molecule has 120 valence electrons. The van der Waals surface area contributed by atoms with Crippen molar-refractivity contribution in [2.45, 2.75) is 51.7 Å². The second-order valence-electron chi connectivity index (χ2n) is 6.33. The highest BCUT2D eigenvalue weighted by Crippen LogP contribution is 2.30. The van der Waals surface area contributed by atoms with Gasteiger partial charge in [-0.25, -0.2) is 9.78 Å². The molecule has 1 aromatic heterocycles. The predicted molar refractivity (Wildman–Crippen MR) is 84.6 cm³/mol. The summed E-state index contributed by atoms with van der Waals surface area (Å²) in [5.41, 5.74) is 0.321. The first-order valence-electron chi connectivity index (χ1n) is 7.76. The molecule has 3 amide bonds. The van der Waals surface area contributed by atoms with Gasteiger partial charge in [-0.05, 0) is 26.7 Å². The molecular formula is C15H22N4O2S. The van der Waals surface area contributed by atoms with Crippen LogP contribution in [0.2, 0.25) is 0 Å². The van der Waals surface area contributed by atoms with E-state index in [4.69, 9.17) is 0 Å². The summed E-state index contributed by atoms with van der Waals surface area (Å²) in [7, 11) is 0. The van der Waals surface area contributed by atoms with Crippen LogP contribution >= 0.6 is 11.3 Å². The SMILES string of the molecule is CCc1nc(CN2CC[C@]3(C2)NC(=O)N(C(C)C)C3=O)cs1. The molecule has 2 aliphatic rings. The van der Waals surface area contributed by atoms with Crippen LogP contribution in [0, 0.1) is 0 Å². The number of hydrogen-bond donors (Lipinski definition) is 1. The molecule has 3 heterocycles. The smallest absolute Gasteiger partial charge is 0.322 e. The number of aromatic nitrogens is 1. The molecule has 0 aliphatic carbocycles. The summed E-state index contributed by atoms with van der Waals surface area (Å²) in [4.78, 5) is 32.8. The van der Waals surface area contributed by atoms with E-state index < -0.39 is 5.54 Å². The van der Waals surface area contributed by atoms with Crippen molar-refractivity contribution in [2.24, 2.45) is 0 Å². The predicted octanol–water partition coefficient (Wildman–Crippen LogP) is 1.61. The molecule has 2 aliphatic heterocycles. The maximum Gasteiger partial charge on any atom is 0.325 e. The zero-order chi connectivity index (χ0) is 15.9. The highest BCUT2D eigenvalue weighted by molar-refractivity contribution is 7.09. The largest absolute Gasteiger partial charge is 0.325 e. The van der Waals surface area contributed by atoms with Gasteiger partial charge in [0.1, 0.15) is 5.54 Å². The van der Waals surface area contributed by atoms with Crippen LogP contribution in [0.25, 0.3) is 0 Å². The highest BCUT2D eigenvalue weighted by atomic mass is 32.1. The molecule has 3 rings (SSSR count). The number of amides is 3. The lowest BCUT2D eigenvalue weighted by molar-refractivity contribution is -0.132. The molecule has 1 N–H and O–H groups in total. The third-order valence-electron chi connectivity index (χ3n) is 4.35. The fraction of sp³-hybridized carbons (Fsp3) is 0.667. The molecular weight excluding hydrogens is 300 g/mol. The van der Waals surface area contributed by atoms with E-state index in [-0.39, 0.29) is 18.0 Å². The van der Waals surface area contributed by atoms with Gasteiger partial charge in [0.25, 0.3) is 5.91 Å². The Morgan fingerprint density at radius 3 is 2.82 bits per heavy atom. The van der Waals surface area contributed by atoms with Crippen LogP contribution in [0.5, 0.6) is 0 Å². The Bertz CT molecular complexity index is 600. The van der Waals surface area contributed by atoms with E-state index in [0.29, 0.717) is 13.0 Å². The maximum absolute atomic E-state index is 12.6. The van der Waals surface area contributed by atoms with Gasteiger partial charge in [0.15, 0.2) is 0 Å². The number of carbonyl (C=O) groups is 2. The van der Waals surface area contributed by atoms with Gasteiger partial charge in [0.05, 0.1) is 10.7 Å². The Morgan fingerprint density at radius 1 is 1.45 bits per heavy atom. The molecule has 1 aromatic rings. The van der Waals surface area contributed by atoms with Crippen LogP contribution in [-0.4, -0.2) is 51.4 Å². The second-order valence-corrected chi connectivity index (χ2v) is 7.27. The average molecular weight is 322 g/mol. The number of urea groups is 1. The highest BCUT2D eigenvalue weighted by Gasteiger charge is 2.55. The molecule has 0 aromatic carbocycles. The number of aryl methyl sites for hydroxylation is 1. The van der Waals surface area contributed by atoms with Crippen LogP contribution in [-0.2, 0) is 17.8 Å². The molecule has 1 atom stereocenters. The van der Waals surface area contributed by atoms with Gasteiger partial charge < -0.3 is 5.32 Å². The number of nitrogens with one attached hydrogen (secondary N) is 1. The summed E-state index contributed by atoms with van der Waals surface area (Å²) < 4.78 is 0. The van der Waals surface area contributed by atoms with Crippen molar-refractivity contribution in [1.29, 1.82) is 0 Å². The van der Waals surface area contributed by atoms with E-state index >= 15 is 0 Å². The summed E-state index contributed by atoms with van der Waals surface area (Å²) in [5, 5.41) is 6.14. The van der Waals surface area contributed by atoms with Crippen LogP contribution in [0.15, 0.2) is 5.38 Å². The van der Waals surface area contributed by atoms with E-state index in [2.05, 4.69) is 27.5 Å². The fourth-order valence-corrected chi connectivity index (χ4v) is 3.96. The lowest BCUT2D eigenvalue weighted by atomic mass is 9.98. The maximum atomic E-state index is 12.6. The minimum absolute atomic E-state index is 0.0810.